The number of carbonyl (C=O) groups excluding carboxylic acids is 2. The number of anilines is 2. The standard InChI is InChI=1S/C21H21N3O3S/c1-21(2,3)27-20(26)24-16-9-5-4-8-15(16)23-19(25)18-11-10-17(28-18)14-7-6-12-22-13-14/h4-13H,1-3H3,(H,23,25)(H,24,26). The van der Waals surface area contributed by atoms with E-state index in [-0.39, 0.29) is 5.91 Å². The Balaban J connectivity index is 1.73. The van der Waals surface area contributed by atoms with Crippen LogP contribution in [0, 0.1) is 0 Å². The SMILES string of the molecule is CC(C)(C)OC(=O)Nc1ccccc1NC(=O)c1ccc(-c2cccnc2)s1. The van der Waals surface area contributed by atoms with Crippen LogP contribution in [0.5, 0.6) is 0 Å². The van der Waals surface area contributed by atoms with E-state index in [1.807, 2.05) is 18.2 Å². The summed E-state index contributed by atoms with van der Waals surface area (Å²) in [4.78, 5) is 30.3. The maximum Gasteiger partial charge on any atom is 0.412 e. The van der Waals surface area contributed by atoms with Crippen molar-refractivity contribution in [1.29, 1.82) is 0 Å². The lowest BCUT2D eigenvalue weighted by atomic mass is 10.2. The van der Waals surface area contributed by atoms with E-state index in [9.17, 15) is 9.59 Å². The highest BCUT2D eigenvalue weighted by Gasteiger charge is 2.18. The van der Waals surface area contributed by atoms with Crippen LogP contribution < -0.4 is 10.6 Å². The van der Waals surface area contributed by atoms with E-state index in [0.29, 0.717) is 16.3 Å². The molecule has 0 saturated carbocycles. The highest BCUT2D eigenvalue weighted by atomic mass is 32.1. The maximum absolute atomic E-state index is 12.7. The number of amides is 2. The van der Waals surface area contributed by atoms with Gasteiger partial charge in [0, 0.05) is 22.8 Å². The fourth-order valence-electron chi connectivity index (χ4n) is 2.42. The number of hydrogen-bond acceptors (Lipinski definition) is 5. The van der Waals surface area contributed by atoms with Gasteiger partial charge in [-0.25, -0.2) is 4.79 Å². The van der Waals surface area contributed by atoms with Crippen molar-refractivity contribution in [3.05, 3.63) is 65.8 Å². The summed E-state index contributed by atoms with van der Waals surface area (Å²) >= 11 is 1.38. The van der Waals surface area contributed by atoms with Crippen molar-refractivity contribution in [2.45, 2.75) is 26.4 Å². The van der Waals surface area contributed by atoms with Crippen LogP contribution in [-0.2, 0) is 4.74 Å². The van der Waals surface area contributed by atoms with E-state index < -0.39 is 11.7 Å². The molecule has 0 aliphatic heterocycles. The molecule has 2 amide bonds. The second kappa shape index (κ2) is 8.22. The van der Waals surface area contributed by atoms with Gasteiger partial charge in [0.1, 0.15) is 5.60 Å². The third-order valence-electron chi connectivity index (χ3n) is 3.59. The molecule has 0 saturated heterocycles. The van der Waals surface area contributed by atoms with Gasteiger partial charge in [0.15, 0.2) is 0 Å². The Kier molecular flexibility index (Phi) is 5.75. The molecule has 6 nitrogen and oxygen atoms in total. The summed E-state index contributed by atoms with van der Waals surface area (Å²) < 4.78 is 5.27. The molecule has 2 N–H and O–H groups in total. The van der Waals surface area contributed by atoms with E-state index >= 15 is 0 Å². The predicted molar refractivity (Wildman–Crippen MR) is 112 cm³/mol. The fraction of sp³-hybridized carbons (Fsp3) is 0.190. The third-order valence-corrected chi connectivity index (χ3v) is 4.72. The summed E-state index contributed by atoms with van der Waals surface area (Å²) in [6, 6.07) is 14.4. The number of ether oxygens (including phenoxy) is 1. The molecule has 7 heteroatoms. The van der Waals surface area contributed by atoms with Gasteiger partial charge in [-0.1, -0.05) is 18.2 Å². The topological polar surface area (TPSA) is 80.3 Å². The van der Waals surface area contributed by atoms with Crippen molar-refractivity contribution in [2.24, 2.45) is 0 Å². The Bertz CT molecular complexity index is 978. The second-order valence-electron chi connectivity index (χ2n) is 7.03. The minimum Gasteiger partial charge on any atom is -0.444 e. The van der Waals surface area contributed by atoms with Crippen LogP contribution in [0.2, 0.25) is 0 Å². The first kappa shape index (κ1) is 19.6. The number of pyridine rings is 1. The summed E-state index contributed by atoms with van der Waals surface area (Å²) in [6.07, 6.45) is 2.89. The zero-order chi connectivity index (χ0) is 20.1. The Hall–Kier alpha value is -3.19. The van der Waals surface area contributed by atoms with E-state index in [2.05, 4.69) is 15.6 Å². The quantitative estimate of drug-likeness (QED) is 0.619. The number of carbonyl (C=O) groups is 2. The monoisotopic (exact) mass is 395 g/mol. The van der Waals surface area contributed by atoms with Crippen molar-refractivity contribution in [1.82, 2.24) is 4.98 Å². The van der Waals surface area contributed by atoms with Crippen LogP contribution >= 0.6 is 11.3 Å². The lowest BCUT2D eigenvalue weighted by Gasteiger charge is -2.20. The molecule has 144 valence electrons. The van der Waals surface area contributed by atoms with Crippen molar-refractivity contribution in [3.63, 3.8) is 0 Å². The van der Waals surface area contributed by atoms with Crippen molar-refractivity contribution < 1.29 is 14.3 Å². The Morgan fingerprint density at radius 1 is 0.964 bits per heavy atom. The first-order valence-corrected chi connectivity index (χ1v) is 9.54. The van der Waals surface area contributed by atoms with Crippen molar-refractivity contribution in [2.75, 3.05) is 10.6 Å². The molecule has 2 heterocycles. The van der Waals surface area contributed by atoms with Crippen LogP contribution in [0.4, 0.5) is 16.2 Å². The van der Waals surface area contributed by atoms with Crippen LogP contribution in [0.15, 0.2) is 60.9 Å². The second-order valence-corrected chi connectivity index (χ2v) is 8.12. The largest absolute Gasteiger partial charge is 0.444 e. The number of hydrogen-bond donors (Lipinski definition) is 2. The number of aromatic nitrogens is 1. The van der Waals surface area contributed by atoms with Gasteiger partial charge in [-0.05, 0) is 51.1 Å². The van der Waals surface area contributed by atoms with E-state index in [1.54, 1.807) is 63.5 Å². The summed E-state index contributed by atoms with van der Waals surface area (Å²) in [5.41, 5.74) is 1.31. The summed E-state index contributed by atoms with van der Waals surface area (Å²) in [5, 5.41) is 5.52. The predicted octanol–water partition coefficient (Wildman–Crippen LogP) is 5.41. The normalized spacial score (nSPS) is 11.0. The van der Waals surface area contributed by atoms with Crippen LogP contribution in [0.3, 0.4) is 0 Å². The molecule has 0 radical (unpaired) electrons. The highest BCUT2D eigenvalue weighted by molar-refractivity contribution is 7.17. The average Bonchev–Trinajstić information content (AvgIpc) is 3.13. The lowest BCUT2D eigenvalue weighted by Crippen LogP contribution is -2.27. The first-order chi connectivity index (χ1) is 13.3. The molecule has 0 bridgehead atoms. The molecule has 2 aromatic heterocycles. The van der Waals surface area contributed by atoms with E-state index in [0.717, 1.165) is 10.4 Å². The van der Waals surface area contributed by atoms with Crippen LogP contribution in [0.25, 0.3) is 10.4 Å². The lowest BCUT2D eigenvalue weighted by molar-refractivity contribution is 0.0635. The molecule has 0 unspecified atom stereocenters. The number of para-hydroxylation sites is 2. The van der Waals surface area contributed by atoms with Gasteiger partial charge in [-0.3, -0.25) is 15.1 Å². The number of nitrogens with one attached hydrogen (secondary N) is 2. The van der Waals surface area contributed by atoms with Gasteiger partial charge in [-0.15, -0.1) is 11.3 Å². The van der Waals surface area contributed by atoms with Crippen molar-refractivity contribution >= 4 is 34.7 Å². The molecule has 0 atom stereocenters. The molecule has 1 aromatic carbocycles. The zero-order valence-electron chi connectivity index (χ0n) is 15.9. The molecule has 0 fully saturated rings. The summed E-state index contributed by atoms with van der Waals surface area (Å²) in [7, 11) is 0. The Morgan fingerprint density at radius 2 is 1.68 bits per heavy atom. The molecule has 3 aromatic rings. The molecule has 0 aliphatic carbocycles. The minimum absolute atomic E-state index is 0.251. The Morgan fingerprint density at radius 3 is 2.32 bits per heavy atom. The van der Waals surface area contributed by atoms with Gasteiger partial charge in [0.25, 0.3) is 5.91 Å². The Labute approximate surface area is 167 Å². The first-order valence-electron chi connectivity index (χ1n) is 8.72. The summed E-state index contributed by atoms with van der Waals surface area (Å²) in [6.45, 7) is 5.37. The number of nitrogens with zero attached hydrogens (tertiary/aromatic N) is 1. The number of rotatable bonds is 4. The summed E-state index contributed by atoms with van der Waals surface area (Å²) in [5.74, 6) is -0.251. The molecule has 3 rings (SSSR count). The van der Waals surface area contributed by atoms with Crippen LogP contribution in [-0.4, -0.2) is 22.6 Å². The van der Waals surface area contributed by atoms with Crippen molar-refractivity contribution in [3.8, 4) is 10.4 Å². The fourth-order valence-corrected chi connectivity index (χ4v) is 3.31. The average molecular weight is 395 g/mol. The van der Waals surface area contributed by atoms with E-state index in [4.69, 9.17) is 4.74 Å². The molecule has 0 spiro atoms. The molecule has 0 aliphatic rings. The van der Waals surface area contributed by atoms with Gasteiger partial charge >= 0.3 is 6.09 Å². The van der Waals surface area contributed by atoms with Gasteiger partial charge in [-0.2, -0.15) is 0 Å². The van der Waals surface area contributed by atoms with Crippen LogP contribution in [0.1, 0.15) is 30.4 Å². The zero-order valence-corrected chi connectivity index (χ0v) is 16.7. The highest BCUT2D eigenvalue weighted by Crippen LogP contribution is 2.29. The molecular formula is C21H21N3O3S. The maximum atomic E-state index is 12.7. The number of benzene rings is 1. The smallest absolute Gasteiger partial charge is 0.412 e. The van der Waals surface area contributed by atoms with Gasteiger partial charge in [0.2, 0.25) is 0 Å². The molecule has 28 heavy (non-hydrogen) atoms. The third kappa shape index (κ3) is 5.17. The van der Waals surface area contributed by atoms with Gasteiger partial charge in [0.05, 0.1) is 16.3 Å². The molecular weight excluding hydrogens is 374 g/mol. The van der Waals surface area contributed by atoms with Gasteiger partial charge < -0.3 is 10.1 Å². The number of thiophene rings is 1. The minimum atomic E-state index is -0.609. The van der Waals surface area contributed by atoms with E-state index in [1.165, 1.54) is 11.3 Å².